The number of carbonyl (C=O) groups is 4. The number of amides is 3. The van der Waals surface area contributed by atoms with Crippen LogP contribution in [0.5, 0.6) is 11.5 Å². The van der Waals surface area contributed by atoms with E-state index in [0.717, 1.165) is 19.3 Å². The van der Waals surface area contributed by atoms with E-state index in [0.29, 0.717) is 34.7 Å². The van der Waals surface area contributed by atoms with Gasteiger partial charge in [0, 0.05) is 24.7 Å². The van der Waals surface area contributed by atoms with Gasteiger partial charge in [0.2, 0.25) is 17.7 Å². The van der Waals surface area contributed by atoms with E-state index in [1.807, 2.05) is 0 Å². The van der Waals surface area contributed by atoms with Crippen LogP contribution in [0.4, 0.5) is 11.4 Å². The van der Waals surface area contributed by atoms with Crippen molar-refractivity contribution in [3.05, 3.63) is 48.5 Å². The van der Waals surface area contributed by atoms with Crippen LogP contribution in [0.25, 0.3) is 0 Å². The maximum atomic E-state index is 13.0. The largest absolute Gasteiger partial charge is 0.497 e. The van der Waals surface area contributed by atoms with Gasteiger partial charge in [0.05, 0.1) is 30.6 Å². The van der Waals surface area contributed by atoms with Crippen molar-refractivity contribution < 1.29 is 28.7 Å². The summed E-state index contributed by atoms with van der Waals surface area (Å²) < 4.78 is 10.8. The molecule has 3 amide bonds. The summed E-state index contributed by atoms with van der Waals surface area (Å²) in [5.74, 6) is -0.176. The molecule has 2 heterocycles. The van der Waals surface area contributed by atoms with E-state index in [2.05, 4.69) is 0 Å². The van der Waals surface area contributed by atoms with Gasteiger partial charge in [-0.05, 0) is 67.5 Å². The van der Waals surface area contributed by atoms with Crippen LogP contribution in [0.2, 0.25) is 0 Å². The van der Waals surface area contributed by atoms with Gasteiger partial charge in [0.15, 0.2) is 0 Å². The summed E-state index contributed by atoms with van der Waals surface area (Å²) in [7, 11) is 1.56. The lowest BCUT2D eigenvalue weighted by Gasteiger charge is -2.19. The zero-order valence-corrected chi connectivity index (χ0v) is 19.4. The Morgan fingerprint density at radius 2 is 1.57 bits per heavy atom. The van der Waals surface area contributed by atoms with Crippen LogP contribution in [0, 0.1) is 29.6 Å². The van der Waals surface area contributed by atoms with Gasteiger partial charge < -0.3 is 14.4 Å². The molecule has 0 aromatic heterocycles. The molecule has 2 aliphatic carbocycles. The van der Waals surface area contributed by atoms with Gasteiger partial charge in [-0.1, -0.05) is 6.07 Å². The molecule has 35 heavy (non-hydrogen) atoms. The van der Waals surface area contributed by atoms with Gasteiger partial charge in [-0.25, -0.2) is 0 Å². The summed E-state index contributed by atoms with van der Waals surface area (Å²) in [6, 6.07) is 13.6. The van der Waals surface area contributed by atoms with E-state index in [1.54, 1.807) is 60.5 Å². The highest BCUT2D eigenvalue weighted by molar-refractivity contribution is 6.22. The van der Waals surface area contributed by atoms with Gasteiger partial charge in [0.25, 0.3) is 0 Å². The van der Waals surface area contributed by atoms with Gasteiger partial charge in [-0.2, -0.15) is 0 Å². The van der Waals surface area contributed by atoms with Crippen LogP contribution >= 0.6 is 0 Å². The van der Waals surface area contributed by atoms with Crippen molar-refractivity contribution >= 4 is 35.1 Å². The predicted molar refractivity (Wildman–Crippen MR) is 126 cm³/mol. The molecule has 0 spiro atoms. The van der Waals surface area contributed by atoms with Crippen molar-refractivity contribution in [1.29, 1.82) is 0 Å². The first kappa shape index (κ1) is 21.8. The second-order valence-corrected chi connectivity index (χ2v) is 9.92. The standard InChI is InChI=1S/C27H26N2O6/c1-34-21-4-2-3-19(13-21)28-14-17(12-22(28)30)27(33)35-20-9-7-18(8-10-20)29-25(31)23-15-5-6-16(11-15)24(23)26(29)32/h2-4,7-10,13,15-17,23-24H,5-6,11-12,14H2,1H3/t15-,16-,17+,23-,24+/m0/s1. The fraction of sp³-hybridized carbons (Fsp3) is 0.407. The van der Waals surface area contributed by atoms with Crippen molar-refractivity contribution in [1.82, 2.24) is 0 Å². The molecule has 2 saturated heterocycles. The molecule has 2 aromatic carbocycles. The fourth-order valence-corrected chi connectivity index (χ4v) is 6.42. The van der Waals surface area contributed by atoms with Crippen LogP contribution < -0.4 is 19.3 Å². The average Bonchev–Trinajstić information content (AvgIpc) is 3.63. The molecule has 2 saturated carbocycles. The predicted octanol–water partition coefficient (Wildman–Crippen LogP) is 3.19. The van der Waals surface area contributed by atoms with E-state index >= 15 is 0 Å². The molecule has 4 fully saturated rings. The highest BCUT2D eigenvalue weighted by atomic mass is 16.5. The first-order chi connectivity index (χ1) is 16.9. The van der Waals surface area contributed by atoms with E-state index in [1.165, 1.54) is 4.90 Å². The molecule has 8 heteroatoms. The Morgan fingerprint density at radius 3 is 2.23 bits per heavy atom. The number of fused-ring (bicyclic) bond motifs is 5. The average molecular weight is 475 g/mol. The number of anilines is 2. The molecule has 5 atom stereocenters. The summed E-state index contributed by atoms with van der Waals surface area (Å²) in [5, 5.41) is 0. The SMILES string of the molecule is COc1cccc(N2C[C@H](C(=O)Oc3ccc(N4C(=O)[C@@H]5[C@H]6CC[C@@H](C6)[C@@H]5C4=O)cc3)CC2=O)c1. The lowest BCUT2D eigenvalue weighted by Crippen LogP contribution is -2.32. The van der Waals surface area contributed by atoms with E-state index in [-0.39, 0.29) is 42.5 Å². The van der Waals surface area contributed by atoms with Crippen LogP contribution in [-0.2, 0) is 19.2 Å². The zero-order valence-electron chi connectivity index (χ0n) is 19.4. The number of imide groups is 1. The van der Waals surface area contributed by atoms with Crippen LogP contribution in [0.3, 0.4) is 0 Å². The van der Waals surface area contributed by atoms with Gasteiger partial charge >= 0.3 is 5.97 Å². The minimum absolute atomic E-state index is 0.0655. The normalized spacial score (nSPS) is 29.2. The minimum Gasteiger partial charge on any atom is -0.497 e. The molecule has 0 radical (unpaired) electrons. The maximum Gasteiger partial charge on any atom is 0.316 e. The van der Waals surface area contributed by atoms with Crippen molar-refractivity contribution in [2.45, 2.75) is 25.7 Å². The minimum atomic E-state index is -0.593. The lowest BCUT2D eigenvalue weighted by atomic mass is 9.81. The number of benzene rings is 2. The maximum absolute atomic E-state index is 13.0. The molecule has 6 rings (SSSR count). The Labute approximate surface area is 202 Å². The molecule has 8 nitrogen and oxygen atoms in total. The topological polar surface area (TPSA) is 93.2 Å². The molecule has 0 unspecified atom stereocenters. The Bertz CT molecular complexity index is 1200. The van der Waals surface area contributed by atoms with Crippen molar-refractivity contribution in [2.24, 2.45) is 29.6 Å². The summed E-state index contributed by atoms with van der Waals surface area (Å²) in [5.41, 5.74) is 1.18. The Morgan fingerprint density at radius 1 is 0.886 bits per heavy atom. The van der Waals surface area contributed by atoms with Crippen LogP contribution in [0.1, 0.15) is 25.7 Å². The van der Waals surface area contributed by atoms with Gasteiger partial charge in [-0.15, -0.1) is 0 Å². The smallest absolute Gasteiger partial charge is 0.316 e. The number of hydrogen-bond donors (Lipinski definition) is 0. The first-order valence-corrected chi connectivity index (χ1v) is 12.1. The molecule has 4 aliphatic rings. The number of hydrogen-bond acceptors (Lipinski definition) is 6. The second-order valence-electron chi connectivity index (χ2n) is 9.92. The quantitative estimate of drug-likeness (QED) is 0.375. The van der Waals surface area contributed by atoms with Crippen LogP contribution in [-0.4, -0.2) is 37.3 Å². The summed E-state index contributed by atoms with van der Waals surface area (Å²) in [6.07, 6.45) is 3.13. The molecule has 2 aliphatic heterocycles. The molecular weight excluding hydrogens is 448 g/mol. The first-order valence-electron chi connectivity index (χ1n) is 12.1. The number of rotatable bonds is 5. The molecule has 2 bridgehead atoms. The lowest BCUT2D eigenvalue weighted by molar-refractivity contribution is -0.139. The number of ether oxygens (including phenoxy) is 2. The number of methoxy groups -OCH3 is 1. The Kier molecular flexibility index (Phi) is 5.12. The number of nitrogens with zero attached hydrogens (tertiary/aromatic N) is 2. The third kappa shape index (κ3) is 3.50. The van der Waals surface area contributed by atoms with E-state index in [4.69, 9.17) is 9.47 Å². The molecule has 2 aromatic rings. The number of esters is 1. The third-order valence-corrected chi connectivity index (χ3v) is 8.06. The monoisotopic (exact) mass is 474 g/mol. The van der Waals surface area contributed by atoms with Crippen molar-refractivity contribution in [2.75, 3.05) is 23.5 Å². The fourth-order valence-electron chi connectivity index (χ4n) is 6.42. The summed E-state index contributed by atoms with van der Waals surface area (Å²) in [4.78, 5) is 54.2. The highest BCUT2D eigenvalue weighted by Crippen LogP contribution is 2.56. The molecule has 180 valence electrons. The van der Waals surface area contributed by atoms with Crippen molar-refractivity contribution in [3.63, 3.8) is 0 Å². The third-order valence-electron chi connectivity index (χ3n) is 8.06. The summed E-state index contributed by atoms with van der Waals surface area (Å²) in [6.45, 7) is 0.227. The van der Waals surface area contributed by atoms with Gasteiger partial charge in [-0.3, -0.25) is 24.1 Å². The second kappa shape index (κ2) is 8.22. The summed E-state index contributed by atoms with van der Waals surface area (Å²) >= 11 is 0. The number of carbonyl (C=O) groups excluding carboxylic acids is 4. The zero-order chi connectivity index (χ0) is 24.3. The van der Waals surface area contributed by atoms with Crippen LogP contribution in [0.15, 0.2) is 48.5 Å². The van der Waals surface area contributed by atoms with E-state index in [9.17, 15) is 19.2 Å². The Balaban J connectivity index is 1.12. The highest BCUT2D eigenvalue weighted by Gasteiger charge is 2.61. The van der Waals surface area contributed by atoms with Gasteiger partial charge in [0.1, 0.15) is 11.5 Å². The molecular formula is C27H26N2O6. The molecule has 0 N–H and O–H groups in total. The van der Waals surface area contributed by atoms with Crippen molar-refractivity contribution in [3.8, 4) is 11.5 Å². The van der Waals surface area contributed by atoms with E-state index < -0.39 is 11.9 Å². The Hall–Kier alpha value is -3.68.